The van der Waals surface area contributed by atoms with E-state index in [4.69, 9.17) is 0 Å². The summed E-state index contributed by atoms with van der Waals surface area (Å²) in [6, 6.07) is 74.7. The molecule has 1 aromatic heterocycles. The van der Waals surface area contributed by atoms with E-state index in [1.54, 1.807) is 0 Å². The summed E-state index contributed by atoms with van der Waals surface area (Å²) in [6.45, 7) is 0. The molecule has 0 fully saturated rings. The van der Waals surface area contributed by atoms with Gasteiger partial charge in [0.2, 0.25) is 0 Å². The van der Waals surface area contributed by atoms with Crippen molar-refractivity contribution < 1.29 is 0 Å². The van der Waals surface area contributed by atoms with Crippen LogP contribution in [0.4, 0.5) is 17.1 Å². The number of anilines is 3. The Kier molecular flexibility index (Phi) is 7.18. The number of benzene rings is 9. The number of fused-ring (bicyclic) bond motifs is 6. The molecule has 2 heteroatoms. The molecule has 0 N–H and O–H groups in total. The van der Waals surface area contributed by atoms with Gasteiger partial charge in [0.15, 0.2) is 0 Å². The second-order valence-electron chi connectivity index (χ2n) is 13.4. The molecule has 0 spiro atoms. The van der Waals surface area contributed by atoms with Crippen LogP contribution in [-0.2, 0) is 0 Å². The monoisotopic (exact) mass is 662 g/mol. The lowest BCUT2D eigenvalue weighted by atomic mass is 10.0. The van der Waals surface area contributed by atoms with Crippen LogP contribution in [0.1, 0.15) is 0 Å². The van der Waals surface area contributed by atoms with Crippen molar-refractivity contribution in [3.8, 4) is 27.9 Å². The third-order valence-corrected chi connectivity index (χ3v) is 10.3. The minimum absolute atomic E-state index is 1.11. The van der Waals surface area contributed by atoms with Crippen LogP contribution < -0.4 is 4.90 Å². The van der Waals surface area contributed by atoms with Crippen LogP contribution in [-0.4, -0.2) is 4.57 Å². The van der Waals surface area contributed by atoms with E-state index in [0.717, 1.165) is 22.7 Å². The summed E-state index contributed by atoms with van der Waals surface area (Å²) in [6.07, 6.45) is 0. The molecule has 0 saturated heterocycles. The van der Waals surface area contributed by atoms with Gasteiger partial charge in [-0.15, -0.1) is 0 Å². The average molecular weight is 663 g/mol. The Labute approximate surface area is 303 Å². The van der Waals surface area contributed by atoms with Gasteiger partial charge in [-0.25, -0.2) is 0 Å². The molecule has 0 unspecified atom stereocenters. The van der Waals surface area contributed by atoms with Gasteiger partial charge in [0.1, 0.15) is 0 Å². The van der Waals surface area contributed by atoms with E-state index < -0.39 is 0 Å². The third kappa shape index (κ3) is 5.12. The molecular formula is C50H34N2. The van der Waals surface area contributed by atoms with Crippen molar-refractivity contribution in [1.82, 2.24) is 4.57 Å². The number of hydrogen-bond donors (Lipinski definition) is 0. The second-order valence-corrected chi connectivity index (χ2v) is 13.4. The minimum Gasteiger partial charge on any atom is -0.310 e. The van der Waals surface area contributed by atoms with Crippen LogP contribution >= 0.6 is 0 Å². The Balaban J connectivity index is 1.14. The largest absolute Gasteiger partial charge is 0.310 e. The lowest BCUT2D eigenvalue weighted by molar-refractivity contribution is 1.19. The average Bonchev–Trinajstić information content (AvgIpc) is 3.57. The molecule has 10 rings (SSSR count). The van der Waals surface area contributed by atoms with Gasteiger partial charge in [0.25, 0.3) is 0 Å². The van der Waals surface area contributed by atoms with Gasteiger partial charge in [-0.05, 0) is 104 Å². The first kappa shape index (κ1) is 30.0. The summed E-state index contributed by atoms with van der Waals surface area (Å²) in [7, 11) is 0. The summed E-state index contributed by atoms with van der Waals surface area (Å²) in [5.41, 5.74) is 11.7. The van der Waals surface area contributed by atoms with Gasteiger partial charge in [-0.2, -0.15) is 0 Å². The molecule has 0 atom stereocenters. The van der Waals surface area contributed by atoms with E-state index in [9.17, 15) is 0 Å². The Morgan fingerprint density at radius 2 is 0.904 bits per heavy atom. The first-order valence-corrected chi connectivity index (χ1v) is 17.8. The molecule has 2 nitrogen and oxygen atoms in total. The van der Waals surface area contributed by atoms with E-state index in [-0.39, 0.29) is 0 Å². The number of para-hydroxylation sites is 1. The number of rotatable bonds is 6. The molecule has 0 aliphatic rings. The first-order valence-electron chi connectivity index (χ1n) is 17.8. The lowest BCUT2D eigenvalue weighted by Gasteiger charge is -2.26. The zero-order valence-electron chi connectivity index (χ0n) is 28.5. The molecule has 0 bridgehead atoms. The molecule has 9 aromatic carbocycles. The quantitative estimate of drug-likeness (QED) is 0.172. The normalized spacial score (nSPS) is 11.5. The molecular weight excluding hydrogens is 629 g/mol. The SMILES string of the molecule is c1ccc(-c2ccc(N(c3cccc(-c4ccccc4)c3)c3ccc4ccc(-n5c6ccccc6c6c7ccccc7ccc65)cc4c3)cc2)cc1. The molecule has 0 amide bonds. The molecule has 0 saturated carbocycles. The van der Waals surface area contributed by atoms with Crippen LogP contribution in [0.2, 0.25) is 0 Å². The van der Waals surface area contributed by atoms with Crippen molar-refractivity contribution in [2.24, 2.45) is 0 Å². The lowest BCUT2D eigenvalue weighted by Crippen LogP contribution is -2.10. The van der Waals surface area contributed by atoms with Crippen molar-refractivity contribution in [1.29, 1.82) is 0 Å². The van der Waals surface area contributed by atoms with Gasteiger partial charge in [0, 0.05) is 33.5 Å². The Morgan fingerprint density at radius 3 is 1.71 bits per heavy atom. The van der Waals surface area contributed by atoms with Crippen LogP contribution in [0.5, 0.6) is 0 Å². The van der Waals surface area contributed by atoms with E-state index in [1.807, 2.05) is 0 Å². The molecule has 10 aromatic rings. The minimum atomic E-state index is 1.11. The van der Waals surface area contributed by atoms with Gasteiger partial charge in [0.05, 0.1) is 11.0 Å². The predicted octanol–water partition coefficient (Wildman–Crippen LogP) is 13.9. The smallest absolute Gasteiger partial charge is 0.0547 e. The van der Waals surface area contributed by atoms with Crippen molar-refractivity contribution in [3.63, 3.8) is 0 Å². The number of nitrogens with zero attached hydrogens (tertiary/aromatic N) is 2. The highest BCUT2D eigenvalue weighted by Crippen LogP contribution is 2.40. The van der Waals surface area contributed by atoms with Gasteiger partial charge >= 0.3 is 0 Å². The van der Waals surface area contributed by atoms with Crippen molar-refractivity contribution >= 4 is 60.4 Å². The fraction of sp³-hybridized carbons (Fsp3) is 0. The van der Waals surface area contributed by atoms with E-state index in [2.05, 4.69) is 216 Å². The summed E-state index contributed by atoms with van der Waals surface area (Å²) in [4.78, 5) is 2.37. The van der Waals surface area contributed by atoms with Gasteiger partial charge in [-0.1, -0.05) is 146 Å². The summed E-state index contributed by atoms with van der Waals surface area (Å²) in [5, 5.41) is 7.50. The van der Waals surface area contributed by atoms with Crippen LogP contribution in [0.15, 0.2) is 206 Å². The topological polar surface area (TPSA) is 8.17 Å². The van der Waals surface area contributed by atoms with Crippen LogP contribution in [0.3, 0.4) is 0 Å². The zero-order chi connectivity index (χ0) is 34.4. The first-order chi connectivity index (χ1) is 25.8. The van der Waals surface area contributed by atoms with Crippen LogP contribution in [0, 0.1) is 0 Å². The maximum absolute atomic E-state index is 2.42. The van der Waals surface area contributed by atoms with E-state index in [0.29, 0.717) is 0 Å². The summed E-state index contributed by atoms with van der Waals surface area (Å²) >= 11 is 0. The molecule has 52 heavy (non-hydrogen) atoms. The van der Waals surface area contributed by atoms with Gasteiger partial charge in [-0.3, -0.25) is 0 Å². The number of hydrogen-bond acceptors (Lipinski definition) is 1. The Hall–Kier alpha value is -6.90. The van der Waals surface area contributed by atoms with E-state index in [1.165, 1.54) is 65.6 Å². The number of aromatic nitrogens is 1. The van der Waals surface area contributed by atoms with Gasteiger partial charge < -0.3 is 9.47 Å². The maximum atomic E-state index is 2.42. The van der Waals surface area contributed by atoms with Crippen molar-refractivity contribution in [2.75, 3.05) is 4.90 Å². The second kappa shape index (κ2) is 12.5. The summed E-state index contributed by atoms with van der Waals surface area (Å²) in [5.74, 6) is 0. The highest BCUT2D eigenvalue weighted by molar-refractivity contribution is 6.21. The molecule has 244 valence electrons. The van der Waals surface area contributed by atoms with Crippen LogP contribution in [0.25, 0.3) is 71.3 Å². The Bertz CT molecular complexity index is 2890. The predicted molar refractivity (Wildman–Crippen MR) is 221 cm³/mol. The molecule has 0 radical (unpaired) electrons. The molecule has 0 aliphatic carbocycles. The van der Waals surface area contributed by atoms with Crippen molar-refractivity contribution in [2.45, 2.75) is 0 Å². The zero-order valence-corrected chi connectivity index (χ0v) is 28.5. The standard InChI is InChI=1S/C50H34N2/c1-3-12-35(13-4-1)37-22-27-42(28-23-37)51(43-18-11-17-40(32-43)36-14-5-2-6-15-36)44-29-24-38-25-30-45(34-41(38)33-44)52-48-21-10-9-20-47(48)50-46-19-8-7-16-39(46)26-31-49(50)52/h1-34H. The van der Waals surface area contributed by atoms with E-state index >= 15 is 0 Å². The fourth-order valence-electron chi connectivity index (χ4n) is 7.85. The molecule has 1 heterocycles. The fourth-order valence-corrected chi connectivity index (χ4v) is 7.85. The highest BCUT2D eigenvalue weighted by atomic mass is 15.1. The van der Waals surface area contributed by atoms with Crippen molar-refractivity contribution in [3.05, 3.63) is 206 Å². The molecule has 0 aliphatic heterocycles. The highest BCUT2D eigenvalue weighted by Gasteiger charge is 2.17. The maximum Gasteiger partial charge on any atom is 0.0547 e. The summed E-state index contributed by atoms with van der Waals surface area (Å²) < 4.78 is 2.42. The third-order valence-electron chi connectivity index (χ3n) is 10.3. The Morgan fingerprint density at radius 1 is 0.308 bits per heavy atom.